The summed E-state index contributed by atoms with van der Waals surface area (Å²) in [6.07, 6.45) is 3.85. The number of benzene rings is 1. The van der Waals surface area contributed by atoms with Crippen molar-refractivity contribution < 1.29 is 0 Å². The predicted molar refractivity (Wildman–Crippen MR) is 88.3 cm³/mol. The lowest BCUT2D eigenvalue weighted by Crippen LogP contribution is -2.08. The van der Waals surface area contributed by atoms with Gasteiger partial charge in [-0.1, -0.05) is 11.6 Å². The van der Waals surface area contributed by atoms with E-state index in [-0.39, 0.29) is 0 Å². The summed E-state index contributed by atoms with van der Waals surface area (Å²) in [5.41, 5.74) is 4.15. The van der Waals surface area contributed by atoms with Crippen LogP contribution in [0.25, 0.3) is 5.65 Å². The molecule has 2 aromatic heterocycles. The van der Waals surface area contributed by atoms with Crippen molar-refractivity contribution in [2.24, 2.45) is 0 Å². The lowest BCUT2D eigenvalue weighted by Gasteiger charge is -2.13. The molecule has 0 bridgehead atoms. The molecule has 0 spiro atoms. The van der Waals surface area contributed by atoms with Gasteiger partial charge >= 0.3 is 0 Å². The van der Waals surface area contributed by atoms with E-state index in [2.05, 4.69) is 39.5 Å². The third-order valence-electron chi connectivity index (χ3n) is 3.32. The fourth-order valence-electron chi connectivity index (χ4n) is 2.17. The van der Waals surface area contributed by atoms with Gasteiger partial charge < -0.3 is 14.6 Å². The molecular formula is C16H17ClN4. The molecule has 108 valence electrons. The van der Waals surface area contributed by atoms with Crippen LogP contribution in [0.1, 0.15) is 5.69 Å². The lowest BCUT2D eigenvalue weighted by atomic mass is 10.2. The first-order chi connectivity index (χ1) is 10.1. The fourth-order valence-corrected chi connectivity index (χ4v) is 2.34. The first-order valence-electron chi connectivity index (χ1n) is 6.76. The first kappa shape index (κ1) is 13.8. The highest BCUT2D eigenvalue weighted by Crippen LogP contribution is 2.17. The van der Waals surface area contributed by atoms with Crippen molar-refractivity contribution in [1.82, 2.24) is 9.38 Å². The van der Waals surface area contributed by atoms with Crippen molar-refractivity contribution in [2.75, 3.05) is 24.3 Å². The number of fused-ring (bicyclic) bond motifs is 1. The Labute approximate surface area is 129 Å². The maximum absolute atomic E-state index is 5.97. The highest BCUT2D eigenvalue weighted by atomic mass is 35.5. The van der Waals surface area contributed by atoms with Crippen molar-refractivity contribution in [3.63, 3.8) is 0 Å². The number of nitrogens with zero attached hydrogens (tertiary/aromatic N) is 3. The Hall–Kier alpha value is -2.20. The molecule has 0 fully saturated rings. The van der Waals surface area contributed by atoms with E-state index in [1.165, 1.54) is 5.69 Å². The minimum absolute atomic E-state index is 0.681. The van der Waals surface area contributed by atoms with E-state index in [9.17, 15) is 0 Å². The van der Waals surface area contributed by atoms with E-state index < -0.39 is 0 Å². The lowest BCUT2D eigenvalue weighted by molar-refractivity contribution is 1.08. The van der Waals surface area contributed by atoms with Crippen LogP contribution in [-0.4, -0.2) is 23.5 Å². The number of anilines is 2. The molecule has 1 aromatic carbocycles. The molecule has 21 heavy (non-hydrogen) atoms. The molecule has 0 unspecified atom stereocenters. The monoisotopic (exact) mass is 300 g/mol. The molecule has 0 amide bonds. The molecule has 3 rings (SSSR count). The van der Waals surface area contributed by atoms with Crippen LogP contribution in [-0.2, 0) is 6.54 Å². The average molecular weight is 301 g/mol. The van der Waals surface area contributed by atoms with Gasteiger partial charge in [0.1, 0.15) is 5.65 Å². The molecule has 5 heteroatoms. The third kappa shape index (κ3) is 3.11. The Morgan fingerprint density at radius 2 is 1.86 bits per heavy atom. The standard InChI is InChI=1S/C16H17ClN4/c1-20(2)15-6-4-13(5-7-15)18-9-14-11-21-10-12(17)3-8-16(21)19-14/h3-8,10-11,18H,9H2,1-2H3. The number of hydrogen-bond donors (Lipinski definition) is 1. The largest absolute Gasteiger partial charge is 0.379 e. The van der Waals surface area contributed by atoms with Crippen LogP contribution in [0.5, 0.6) is 0 Å². The van der Waals surface area contributed by atoms with Crippen LogP contribution in [0.4, 0.5) is 11.4 Å². The van der Waals surface area contributed by atoms with E-state index >= 15 is 0 Å². The molecule has 0 saturated carbocycles. The Bertz CT molecular complexity index is 747. The summed E-state index contributed by atoms with van der Waals surface area (Å²) >= 11 is 5.97. The van der Waals surface area contributed by atoms with Crippen LogP contribution in [0.2, 0.25) is 5.02 Å². The van der Waals surface area contributed by atoms with Gasteiger partial charge in [0.05, 0.1) is 17.3 Å². The van der Waals surface area contributed by atoms with Crippen LogP contribution < -0.4 is 10.2 Å². The highest BCUT2D eigenvalue weighted by Gasteiger charge is 2.02. The quantitative estimate of drug-likeness (QED) is 0.798. The summed E-state index contributed by atoms with van der Waals surface area (Å²) < 4.78 is 1.94. The van der Waals surface area contributed by atoms with Crippen LogP contribution >= 0.6 is 11.6 Å². The zero-order valence-electron chi connectivity index (χ0n) is 12.0. The van der Waals surface area contributed by atoms with Gasteiger partial charge in [-0.3, -0.25) is 0 Å². The molecular weight excluding hydrogens is 284 g/mol. The second-order valence-electron chi connectivity index (χ2n) is 5.14. The van der Waals surface area contributed by atoms with Gasteiger partial charge in [-0.25, -0.2) is 4.98 Å². The number of halogens is 1. The normalized spacial score (nSPS) is 10.8. The molecule has 0 aliphatic heterocycles. The van der Waals surface area contributed by atoms with Crippen LogP contribution in [0.15, 0.2) is 48.8 Å². The number of hydrogen-bond acceptors (Lipinski definition) is 3. The Morgan fingerprint density at radius 1 is 1.10 bits per heavy atom. The molecule has 4 nitrogen and oxygen atoms in total. The van der Waals surface area contributed by atoms with Gasteiger partial charge in [0.25, 0.3) is 0 Å². The smallest absolute Gasteiger partial charge is 0.137 e. The summed E-state index contributed by atoms with van der Waals surface area (Å²) in [5.74, 6) is 0. The SMILES string of the molecule is CN(C)c1ccc(NCc2cn3cc(Cl)ccc3n2)cc1. The third-order valence-corrected chi connectivity index (χ3v) is 3.55. The van der Waals surface area contributed by atoms with Crippen molar-refractivity contribution in [2.45, 2.75) is 6.54 Å². The second-order valence-corrected chi connectivity index (χ2v) is 5.58. The van der Waals surface area contributed by atoms with Gasteiger partial charge in [-0.15, -0.1) is 0 Å². The minimum atomic E-state index is 0.681. The summed E-state index contributed by atoms with van der Waals surface area (Å²) in [4.78, 5) is 6.63. The molecule has 0 radical (unpaired) electrons. The molecule has 3 aromatic rings. The van der Waals surface area contributed by atoms with Crippen molar-refractivity contribution in [1.29, 1.82) is 0 Å². The van der Waals surface area contributed by atoms with Crippen molar-refractivity contribution in [3.05, 3.63) is 59.5 Å². The molecule has 2 heterocycles. The molecule has 1 N–H and O–H groups in total. The Kier molecular flexibility index (Phi) is 3.71. The molecule has 0 aliphatic rings. The zero-order valence-corrected chi connectivity index (χ0v) is 12.8. The van der Waals surface area contributed by atoms with E-state index in [4.69, 9.17) is 11.6 Å². The Balaban J connectivity index is 1.71. The zero-order chi connectivity index (χ0) is 14.8. The van der Waals surface area contributed by atoms with Gasteiger partial charge in [-0.05, 0) is 36.4 Å². The van der Waals surface area contributed by atoms with Gasteiger partial charge in [0, 0.05) is 37.9 Å². The summed E-state index contributed by atoms with van der Waals surface area (Å²) in [7, 11) is 4.06. The number of pyridine rings is 1. The number of aromatic nitrogens is 2. The fraction of sp³-hybridized carbons (Fsp3) is 0.188. The van der Waals surface area contributed by atoms with E-state index in [1.807, 2.05) is 43.0 Å². The van der Waals surface area contributed by atoms with E-state index in [0.717, 1.165) is 17.0 Å². The van der Waals surface area contributed by atoms with Crippen molar-refractivity contribution >= 4 is 28.6 Å². The Morgan fingerprint density at radius 3 is 2.57 bits per heavy atom. The van der Waals surface area contributed by atoms with Crippen LogP contribution in [0, 0.1) is 0 Å². The van der Waals surface area contributed by atoms with Crippen LogP contribution in [0.3, 0.4) is 0 Å². The average Bonchev–Trinajstić information content (AvgIpc) is 2.87. The van der Waals surface area contributed by atoms with Gasteiger partial charge in [0.2, 0.25) is 0 Å². The summed E-state index contributed by atoms with van der Waals surface area (Å²) in [6.45, 7) is 0.681. The van der Waals surface area contributed by atoms with Gasteiger partial charge in [-0.2, -0.15) is 0 Å². The van der Waals surface area contributed by atoms with Crippen molar-refractivity contribution in [3.8, 4) is 0 Å². The predicted octanol–water partition coefficient (Wildman–Crippen LogP) is 3.67. The number of nitrogens with one attached hydrogen (secondary N) is 1. The summed E-state index contributed by atoms with van der Waals surface area (Å²) in [5, 5.41) is 4.08. The highest BCUT2D eigenvalue weighted by molar-refractivity contribution is 6.30. The summed E-state index contributed by atoms with van der Waals surface area (Å²) in [6, 6.07) is 12.1. The number of imidazole rings is 1. The second kappa shape index (κ2) is 5.66. The van der Waals surface area contributed by atoms with E-state index in [1.54, 1.807) is 0 Å². The van der Waals surface area contributed by atoms with E-state index in [0.29, 0.717) is 11.6 Å². The maximum Gasteiger partial charge on any atom is 0.137 e. The molecule has 0 atom stereocenters. The molecule has 0 aliphatic carbocycles. The minimum Gasteiger partial charge on any atom is -0.379 e. The molecule has 0 saturated heterocycles. The first-order valence-corrected chi connectivity index (χ1v) is 7.14. The van der Waals surface area contributed by atoms with Gasteiger partial charge in [0.15, 0.2) is 0 Å². The maximum atomic E-state index is 5.97. The topological polar surface area (TPSA) is 32.6 Å². The number of rotatable bonds is 4.